The zero-order chi connectivity index (χ0) is 14.1. The lowest BCUT2D eigenvalue weighted by Gasteiger charge is -2.62. The number of hydrogen-bond donors (Lipinski definition) is 1. The van der Waals surface area contributed by atoms with Gasteiger partial charge >= 0.3 is 0 Å². The SMILES string of the molecule is Cc1cc(C(O)C23CC4CC(CC(C)(C4)C2)C3)sc1Cl. The van der Waals surface area contributed by atoms with Crippen LogP contribution in [0.25, 0.3) is 0 Å². The van der Waals surface area contributed by atoms with E-state index in [1.165, 1.54) is 38.5 Å². The molecule has 0 saturated heterocycles. The molecule has 0 amide bonds. The summed E-state index contributed by atoms with van der Waals surface area (Å²) >= 11 is 7.80. The van der Waals surface area contributed by atoms with Gasteiger partial charge in [0.05, 0.1) is 10.4 Å². The highest BCUT2D eigenvalue weighted by molar-refractivity contribution is 7.16. The molecule has 4 aliphatic carbocycles. The van der Waals surface area contributed by atoms with Gasteiger partial charge < -0.3 is 5.11 Å². The Labute approximate surface area is 130 Å². The molecule has 1 aromatic rings. The van der Waals surface area contributed by atoms with Gasteiger partial charge in [0.25, 0.3) is 0 Å². The van der Waals surface area contributed by atoms with Crippen LogP contribution in [0, 0.1) is 29.6 Å². The van der Waals surface area contributed by atoms with Crippen molar-refractivity contribution in [2.75, 3.05) is 0 Å². The van der Waals surface area contributed by atoms with E-state index in [0.717, 1.165) is 26.6 Å². The number of halogens is 1. The maximum absolute atomic E-state index is 11.1. The monoisotopic (exact) mass is 310 g/mol. The van der Waals surface area contributed by atoms with Crippen molar-refractivity contribution in [3.05, 3.63) is 20.8 Å². The minimum Gasteiger partial charge on any atom is -0.387 e. The lowest BCUT2D eigenvalue weighted by molar-refractivity contribution is -0.154. The number of hydrogen-bond acceptors (Lipinski definition) is 2. The highest BCUT2D eigenvalue weighted by Crippen LogP contribution is 2.68. The quantitative estimate of drug-likeness (QED) is 0.780. The maximum Gasteiger partial charge on any atom is 0.0961 e. The predicted molar refractivity (Wildman–Crippen MR) is 84.2 cm³/mol. The van der Waals surface area contributed by atoms with Crippen LogP contribution in [-0.2, 0) is 0 Å². The standard InChI is InChI=1S/C17H23ClOS/c1-10-3-13(20-15(10)18)14(19)17-7-11-4-12(8-17)6-16(2,5-11)9-17/h3,11-12,14,19H,4-9H2,1-2H3. The van der Waals surface area contributed by atoms with E-state index < -0.39 is 0 Å². The second kappa shape index (κ2) is 4.24. The lowest BCUT2D eigenvalue weighted by atomic mass is 9.43. The van der Waals surface area contributed by atoms with Crippen molar-refractivity contribution in [3.8, 4) is 0 Å². The van der Waals surface area contributed by atoms with Crippen LogP contribution in [0.3, 0.4) is 0 Å². The van der Waals surface area contributed by atoms with Crippen molar-refractivity contribution in [1.82, 2.24) is 0 Å². The first-order valence-corrected chi connectivity index (χ1v) is 9.03. The van der Waals surface area contributed by atoms with Crippen LogP contribution in [-0.4, -0.2) is 5.11 Å². The van der Waals surface area contributed by atoms with Crippen molar-refractivity contribution in [2.24, 2.45) is 22.7 Å². The molecule has 110 valence electrons. The lowest BCUT2D eigenvalue weighted by Crippen LogP contribution is -2.52. The second-order valence-corrected chi connectivity index (χ2v) is 9.83. The third-order valence-corrected chi connectivity index (χ3v) is 7.73. The van der Waals surface area contributed by atoms with E-state index in [1.54, 1.807) is 11.3 Å². The maximum atomic E-state index is 11.1. The van der Waals surface area contributed by atoms with Gasteiger partial charge in [-0.15, -0.1) is 11.3 Å². The Bertz CT molecular complexity index is 516. The highest BCUT2D eigenvalue weighted by atomic mass is 35.5. The summed E-state index contributed by atoms with van der Waals surface area (Å²) < 4.78 is 0.843. The van der Waals surface area contributed by atoms with E-state index in [2.05, 4.69) is 13.0 Å². The minimum absolute atomic E-state index is 0.138. The molecule has 4 aliphatic rings. The van der Waals surface area contributed by atoms with E-state index >= 15 is 0 Å². The molecule has 4 bridgehead atoms. The smallest absolute Gasteiger partial charge is 0.0961 e. The van der Waals surface area contributed by atoms with Crippen LogP contribution in [0.4, 0.5) is 0 Å². The van der Waals surface area contributed by atoms with Gasteiger partial charge in [-0.3, -0.25) is 0 Å². The molecule has 1 heterocycles. The van der Waals surface area contributed by atoms with Crippen LogP contribution in [0.2, 0.25) is 4.34 Å². The third kappa shape index (κ3) is 1.91. The van der Waals surface area contributed by atoms with Gasteiger partial charge in [-0.2, -0.15) is 0 Å². The third-order valence-electron chi connectivity index (χ3n) is 6.12. The summed E-state index contributed by atoms with van der Waals surface area (Å²) in [5, 5.41) is 11.1. The first-order chi connectivity index (χ1) is 9.39. The van der Waals surface area contributed by atoms with Crippen LogP contribution in [0.15, 0.2) is 6.07 Å². The van der Waals surface area contributed by atoms with Crippen LogP contribution < -0.4 is 0 Å². The molecule has 1 aromatic heterocycles. The van der Waals surface area contributed by atoms with Gasteiger partial charge in [0.15, 0.2) is 0 Å². The Balaban J connectivity index is 1.70. The average molecular weight is 311 g/mol. The molecule has 3 atom stereocenters. The average Bonchev–Trinajstić information content (AvgIpc) is 2.65. The van der Waals surface area contributed by atoms with Gasteiger partial charge in [-0.05, 0) is 74.3 Å². The molecular weight excluding hydrogens is 288 g/mol. The Morgan fingerprint density at radius 1 is 1.30 bits per heavy atom. The molecule has 3 unspecified atom stereocenters. The van der Waals surface area contributed by atoms with Crippen LogP contribution in [0.5, 0.6) is 0 Å². The molecular formula is C17H23ClOS. The number of aryl methyl sites for hydroxylation is 1. The Morgan fingerprint density at radius 3 is 2.45 bits per heavy atom. The summed E-state index contributed by atoms with van der Waals surface area (Å²) in [6.45, 7) is 4.49. The van der Waals surface area contributed by atoms with Crippen molar-refractivity contribution in [1.29, 1.82) is 0 Å². The fraction of sp³-hybridized carbons (Fsp3) is 0.765. The number of aliphatic hydroxyl groups is 1. The first-order valence-electron chi connectivity index (χ1n) is 7.83. The summed E-state index contributed by atoms with van der Waals surface area (Å²) in [4.78, 5) is 1.10. The van der Waals surface area contributed by atoms with Gasteiger partial charge in [-0.25, -0.2) is 0 Å². The molecule has 20 heavy (non-hydrogen) atoms. The molecule has 0 radical (unpaired) electrons. The van der Waals surface area contributed by atoms with Crippen molar-refractivity contribution in [2.45, 2.75) is 58.5 Å². The van der Waals surface area contributed by atoms with E-state index in [1.807, 2.05) is 6.92 Å². The van der Waals surface area contributed by atoms with Gasteiger partial charge in [0, 0.05) is 10.3 Å². The number of rotatable bonds is 2. The van der Waals surface area contributed by atoms with Crippen molar-refractivity contribution >= 4 is 22.9 Å². The molecule has 4 saturated carbocycles. The van der Waals surface area contributed by atoms with Crippen molar-refractivity contribution in [3.63, 3.8) is 0 Å². The Hall–Kier alpha value is -0.0500. The summed E-state index contributed by atoms with van der Waals surface area (Å²) in [7, 11) is 0. The highest BCUT2D eigenvalue weighted by Gasteiger charge is 2.58. The van der Waals surface area contributed by atoms with Crippen LogP contribution in [0.1, 0.15) is 62.0 Å². The first kappa shape index (κ1) is 13.6. The topological polar surface area (TPSA) is 20.2 Å². The zero-order valence-corrected chi connectivity index (χ0v) is 13.9. The van der Waals surface area contributed by atoms with E-state index in [-0.39, 0.29) is 11.5 Å². The van der Waals surface area contributed by atoms with Gasteiger partial charge in [-0.1, -0.05) is 18.5 Å². The van der Waals surface area contributed by atoms with Crippen LogP contribution >= 0.6 is 22.9 Å². The molecule has 1 N–H and O–H groups in total. The van der Waals surface area contributed by atoms with Gasteiger partial charge in [0.1, 0.15) is 0 Å². The Kier molecular flexibility index (Phi) is 2.88. The summed E-state index contributed by atoms with van der Waals surface area (Å²) in [5.41, 5.74) is 1.74. The van der Waals surface area contributed by atoms with Crippen molar-refractivity contribution < 1.29 is 5.11 Å². The largest absolute Gasteiger partial charge is 0.387 e. The fourth-order valence-corrected chi connectivity index (χ4v) is 7.38. The molecule has 1 nitrogen and oxygen atoms in total. The molecule has 0 aliphatic heterocycles. The summed E-state index contributed by atoms with van der Waals surface area (Å²) in [6.07, 6.45) is 7.56. The molecule has 0 aromatic carbocycles. The zero-order valence-electron chi connectivity index (χ0n) is 12.3. The molecule has 0 spiro atoms. The summed E-state index contributed by atoms with van der Waals surface area (Å²) in [6, 6.07) is 2.11. The number of thiophene rings is 1. The molecule has 5 rings (SSSR count). The van der Waals surface area contributed by atoms with E-state index in [0.29, 0.717) is 5.41 Å². The predicted octanol–water partition coefficient (Wildman–Crippen LogP) is 5.35. The summed E-state index contributed by atoms with van der Waals surface area (Å²) in [5.74, 6) is 1.71. The second-order valence-electron chi connectivity index (χ2n) is 8.14. The fourth-order valence-electron chi connectivity index (χ4n) is 6.04. The minimum atomic E-state index is -0.302. The van der Waals surface area contributed by atoms with E-state index in [4.69, 9.17) is 11.6 Å². The molecule has 3 heteroatoms. The van der Waals surface area contributed by atoms with E-state index in [9.17, 15) is 5.11 Å². The van der Waals surface area contributed by atoms with Gasteiger partial charge in [0.2, 0.25) is 0 Å². The normalized spacial score (nSPS) is 44.0. The Morgan fingerprint density at radius 2 is 1.95 bits per heavy atom. The number of aliphatic hydroxyl groups excluding tert-OH is 1. The molecule has 4 fully saturated rings.